The van der Waals surface area contributed by atoms with Gasteiger partial charge in [-0.2, -0.15) is 52.7 Å². The van der Waals surface area contributed by atoms with Gasteiger partial charge in [0.25, 0.3) is 11.6 Å². The third-order valence-electron chi connectivity index (χ3n) is 2.75. The van der Waals surface area contributed by atoms with Crippen molar-refractivity contribution in [2.24, 2.45) is 0 Å². The van der Waals surface area contributed by atoms with Gasteiger partial charge in [0.15, 0.2) is 8.32 Å². The van der Waals surface area contributed by atoms with E-state index >= 15 is 0 Å². The second kappa shape index (κ2) is 25.4. The number of rotatable bonds is 7. The number of aliphatic hydroxyl groups is 2. The molecule has 0 heterocycles. The van der Waals surface area contributed by atoms with Crippen LogP contribution < -0.4 is 0 Å². The second-order valence-electron chi connectivity index (χ2n) is 8.89. The van der Waals surface area contributed by atoms with Crippen molar-refractivity contribution in [3.8, 4) is 0 Å². The zero-order chi connectivity index (χ0) is 34.3. The number of carbonyl (C=O) groups is 2. The Morgan fingerprint density at radius 2 is 0.889 bits per heavy atom. The predicted octanol–water partition coefficient (Wildman–Crippen LogP) is 9.14. The smallest absolute Gasteiger partial charge is 0.550 e. The number of alkyl halides is 12. The van der Waals surface area contributed by atoms with Crippen LogP contribution in [0.15, 0.2) is 49.2 Å². The Morgan fingerprint density at radius 3 is 0.978 bits per heavy atom. The number of hydrogen-bond donors (Lipinski definition) is 2. The Bertz CT molecular complexity index is 851. The van der Waals surface area contributed by atoms with E-state index in [-0.39, 0.29) is 49.0 Å². The Balaban J connectivity index is -0.0000000677. The van der Waals surface area contributed by atoms with Gasteiger partial charge in [0.05, 0.1) is 12.9 Å². The van der Waals surface area contributed by atoms with Crippen LogP contribution in [0.3, 0.4) is 0 Å². The Morgan fingerprint density at radius 1 is 0.622 bits per heavy atom. The first-order valence-corrected chi connectivity index (χ1v) is 17.3. The summed E-state index contributed by atoms with van der Waals surface area (Å²) in [6.07, 6.45) is -20.1. The first kappa shape index (κ1) is 62.2. The van der Waals surface area contributed by atoms with Gasteiger partial charge in [-0.25, -0.2) is 0 Å². The van der Waals surface area contributed by atoms with Crippen LogP contribution in [0.25, 0.3) is 0 Å². The van der Waals surface area contributed by atoms with E-state index in [1.807, 2.05) is 0 Å². The molecule has 2 N–H and O–H groups in total. The fourth-order valence-corrected chi connectivity index (χ4v) is 2.25. The van der Waals surface area contributed by atoms with Crippen molar-refractivity contribution in [3.05, 3.63) is 64.0 Å². The number of aliphatic hydroxyl groups excluding tert-OH is 2. The summed E-state index contributed by atoms with van der Waals surface area (Å²) in [6.45, 7) is 20.6. The molecule has 0 aliphatic carbocycles. The Hall–Kier alpha value is -1.71. The molecular weight excluding hydrogens is 783 g/mol. The van der Waals surface area contributed by atoms with Crippen LogP contribution in [0.1, 0.15) is 0 Å². The van der Waals surface area contributed by atoms with Crippen molar-refractivity contribution in [2.75, 3.05) is 6.61 Å². The molecule has 278 valence electrons. The topological polar surface area (TPSA) is 93.1 Å². The van der Waals surface area contributed by atoms with Crippen LogP contribution in [-0.2, 0) is 52.6 Å². The number of ketones is 2. The van der Waals surface area contributed by atoms with Gasteiger partial charge in [0, 0.05) is 12.2 Å². The summed E-state index contributed by atoms with van der Waals surface area (Å²) in [4.78, 5) is 19.7. The zero-order valence-corrected chi connectivity index (χ0v) is 29.0. The molecule has 0 aromatic heterocycles. The van der Waals surface area contributed by atoms with Crippen molar-refractivity contribution >= 4 is 28.2 Å². The average Bonchev–Trinajstić information content (AvgIpc) is 2.69. The molecule has 0 aliphatic rings. The minimum Gasteiger partial charge on any atom is -0.550 e. The molecule has 0 saturated heterocycles. The molecule has 0 spiro atoms. The fourth-order valence-electron chi connectivity index (χ4n) is 1.13. The van der Waals surface area contributed by atoms with Crippen molar-refractivity contribution in [1.82, 2.24) is 0 Å². The number of hydrogen-bond acceptors (Lipinski definition) is 6. The summed E-state index contributed by atoms with van der Waals surface area (Å²) in [7, 11) is -2.52. The van der Waals surface area contributed by atoms with E-state index in [1.165, 1.54) is 6.26 Å². The quantitative estimate of drug-likeness (QED) is 0.0665. The summed E-state index contributed by atoms with van der Waals surface area (Å²) in [5, 5.41) is 15.9. The largest absolute Gasteiger partial charge is 1.00 e. The van der Waals surface area contributed by atoms with Crippen LogP contribution in [-0.4, -0.2) is 69.7 Å². The van der Waals surface area contributed by atoms with E-state index in [0.29, 0.717) is 6.61 Å². The van der Waals surface area contributed by atoms with Crippen molar-refractivity contribution in [2.45, 2.75) is 64.0 Å². The van der Waals surface area contributed by atoms with Gasteiger partial charge in [0.1, 0.15) is 0 Å². The van der Waals surface area contributed by atoms with Gasteiger partial charge in [-0.05, 0) is 39.3 Å². The van der Waals surface area contributed by atoms with E-state index in [2.05, 4.69) is 52.4 Å². The summed E-state index contributed by atoms with van der Waals surface area (Å²) in [5.74, 6) is -10.7. The van der Waals surface area contributed by atoms with Crippen LogP contribution in [0.5, 0.6) is 0 Å². The molecule has 0 aromatic carbocycles. The molecule has 0 saturated carbocycles. The summed E-state index contributed by atoms with van der Waals surface area (Å²) in [6, 6.07) is 0. The Labute approximate surface area is 277 Å². The number of carbonyl (C=O) groups excluding carboxylic acids is 2. The molecule has 0 bridgehead atoms. The molecule has 0 aromatic rings. The van der Waals surface area contributed by atoms with Crippen molar-refractivity contribution < 1.29 is 115 Å². The molecule has 22 heteroatoms. The second-order valence-corrected chi connectivity index (χ2v) is 17.9. The zero-order valence-electron chi connectivity index (χ0n) is 25.1. The standard InChI is InChI=1S/C6H14OSi.2C5H2F6O2.C5H12OSi.2CH3.2Cu/c1-5-6-7-8(2,3)4;2*6-4(7,8)2(12)1-3(13)5(9,10)11;1-5-6-7(2,3)4;;;;/h5H,1,6H2,2-4H3;2*1,12H;5H,1H2,2-4H3;2*1H3;;/q;;;;2*-1;2*+1. The molecule has 0 aliphatic heterocycles. The molecule has 0 fully saturated rings. The maximum absolute atomic E-state index is 11.4. The third kappa shape index (κ3) is 44.5. The van der Waals surface area contributed by atoms with E-state index in [0.717, 1.165) is 0 Å². The fraction of sp³-hybridized carbons (Fsp3) is 0.478. The number of halogens is 12. The molecule has 0 radical (unpaired) electrons. The summed E-state index contributed by atoms with van der Waals surface area (Å²) >= 11 is 0. The van der Waals surface area contributed by atoms with Crippen LogP contribution in [0.2, 0.25) is 39.3 Å². The van der Waals surface area contributed by atoms with Gasteiger partial charge in [0.2, 0.25) is 19.8 Å². The molecule has 0 unspecified atom stereocenters. The molecule has 0 atom stereocenters. The van der Waals surface area contributed by atoms with E-state index < -0.39 is 76.6 Å². The van der Waals surface area contributed by atoms with Gasteiger partial charge in [-0.3, -0.25) is 9.59 Å². The summed E-state index contributed by atoms with van der Waals surface area (Å²) in [5.41, 5.74) is 0. The van der Waals surface area contributed by atoms with E-state index in [1.54, 1.807) is 6.08 Å². The first-order chi connectivity index (χ1) is 17.7. The van der Waals surface area contributed by atoms with Crippen molar-refractivity contribution in [1.29, 1.82) is 0 Å². The molecule has 6 nitrogen and oxygen atoms in total. The van der Waals surface area contributed by atoms with Gasteiger partial charge < -0.3 is 33.9 Å². The normalized spacial score (nSPS) is 12.0. The number of allylic oxidation sites excluding steroid dienone is 4. The SMILES string of the molecule is C=CCO[Si](C)(C)C.C=CO[Si](C)(C)C.O=C(C=C(O)C(F)(F)F)C(F)(F)F.O=C(C=C(O)C(F)(F)F)C(F)(F)F.[CH3-].[CH3-].[Cu+].[Cu+]. The van der Waals surface area contributed by atoms with Crippen LogP contribution in [0, 0.1) is 14.9 Å². The van der Waals surface area contributed by atoms with Crippen LogP contribution >= 0.6 is 0 Å². The minimum absolute atomic E-state index is 0. The first-order valence-electron chi connectivity index (χ1n) is 10.4. The van der Waals surface area contributed by atoms with E-state index in [9.17, 15) is 62.3 Å². The van der Waals surface area contributed by atoms with Crippen LogP contribution in [0.4, 0.5) is 52.7 Å². The van der Waals surface area contributed by atoms with E-state index in [4.69, 9.17) is 19.1 Å². The van der Waals surface area contributed by atoms with Gasteiger partial charge in [-0.1, -0.05) is 12.7 Å². The van der Waals surface area contributed by atoms with Crippen molar-refractivity contribution in [3.63, 3.8) is 0 Å². The van der Waals surface area contributed by atoms with Gasteiger partial charge >= 0.3 is 58.8 Å². The summed E-state index contributed by atoms with van der Waals surface area (Å²) < 4.78 is 147. The maximum Gasteiger partial charge on any atom is 1.00 e. The average molecular weight is 820 g/mol. The monoisotopic (exact) mass is 818 g/mol. The molecule has 0 rings (SSSR count). The molecular formula is C23H36Cu2F12O6Si2. The third-order valence-corrected chi connectivity index (χ3v) is 4.65. The maximum atomic E-state index is 11.4. The molecule has 45 heavy (non-hydrogen) atoms. The Kier molecular flexibility index (Phi) is 35.1. The minimum atomic E-state index is -5.42. The molecule has 0 amide bonds. The predicted molar refractivity (Wildman–Crippen MR) is 143 cm³/mol. The van der Waals surface area contributed by atoms with Gasteiger partial charge in [-0.15, -0.1) is 6.58 Å².